The summed E-state index contributed by atoms with van der Waals surface area (Å²) in [6.07, 6.45) is 1.44. The fourth-order valence-electron chi connectivity index (χ4n) is 1.55. The lowest BCUT2D eigenvalue weighted by atomic mass is 10.1. The van der Waals surface area contributed by atoms with Crippen LogP contribution < -0.4 is 16.2 Å². The number of aromatic nitrogens is 1. The Morgan fingerprint density at radius 2 is 1.85 bits per heavy atom. The van der Waals surface area contributed by atoms with E-state index in [1.165, 1.54) is 22.9 Å². The molecule has 0 radical (unpaired) electrons. The first-order valence-electron chi connectivity index (χ1n) is 6.40. The molecule has 0 aromatic carbocycles. The van der Waals surface area contributed by atoms with Crippen LogP contribution in [0.4, 0.5) is 0 Å². The smallest absolute Gasteiger partial charge is 0.253 e. The lowest BCUT2D eigenvalue weighted by molar-refractivity contribution is -0.124. The summed E-state index contributed by atoms with van der Waals surface area (Å²) in [5.74, 6) is -0.646. The molecular formula is C14H21N3O3. The first kappa shape index (κ1) is 15.9. The molecule has 0 aliphatic carbocycles. The monoisotopic (exact) mass is 279 g/mol. The zero-order valence-electron chi connectivity index (χ0n) is 12.5. The number of nitrogens with one attached hydrogen (secondary N) is 2. The van der Waals surface area contributed by atoms with Gasteiger partial charge in [-0.2, -0.15) is 0 Å². The minimum absolute atomic E-state index is 0.194. The van der Waals surface area contributed by atoms with Gasteiger partial charge in [0.25, 0.3) is 5.91 Å². The topological polar surface area (TPSA) is 80.2 Å². The van der Waals surface area contributed by atoms with Crippen molar-refractivity contribution in [2.24, 2.45) is 7.05 Å². The molecule has 0 spiro atoms. The Bertz CT molecular complexity index is 570. The van der Waals surface area contributed by atoms with Gasteiger partial charge in [0.1, 0.15) is 6.04 Å². The van der Waals surface area contributed by atoms with E-state index in [9.17, 15) is 14.4 Å². The molecule has 0 aliphatic rings. The summed E-state index contributed by atoms with van der Waals surface area (Å²) in [6, 6.07) is 2.10. The zero-order chi connectivity index (χ0) is 15.5. The highest BCUT2D eigenvalue weighted by atomic mass is 16.2. The molecule has 2 amide bonds. The number of pyridine rings is 1. The number of aryl methyl sites for hydroxylation is 1. The van der Waals surface area contributed by atoms with Gasteiger partial charge in [-0.05, 0) is 33.8 Å². The van der Waals surface area contributed by atoms with Crippen molar-refractivity contribution in [2.75, 3.05) is 0 Å². The lowest BCUT2D eigenvalue weighted by Gasteiger charge is -2.23. The van der Waals surface area contributed by atoms with Crippen molar-refractivity contribution in [1.82, 2.24) is 15.2 Å². The van der Waals surface area contributed by atoms with Crippen LogP contribution in [0.2, 0.25) is 0 Å². The van der Waals surface area contributed by atoms with Crippen molar-refractivity contribution in [1.29, 1.82) is 0 Å². The van der Waals surface area contributed by atoms with Crippen LogP contribution >= 0.6 is 0 Å². The maximum atomic E-state index is 12.0. The van der Waals surface area contributed by atoms with E-state index in [1.807, 2.05) is 20.8 Å². The number of nitrogens with zero attached hydrogens (tertiary/aromatic N) is 1. The Kier molecular flexibility index (Phi) is 4.70. The fourth-order valence-corrected chi connectivity index (χ4v) is 1.55. The summed E-state index contributed by atoms with van der Waals surface area (Å²) >= 11 is 0. The molecule has 0 saturated heterocycles. The van der Waals surface area contributed by atoms with Gasteiger partial charge in [-0.1, -0.05) is 0 Å². The van der Waals surface area contributed by atoms with E-state index in [2.05, 4.69) is 10.6 Å². The predicted octanol–water partition coefficient (Wildman–Crippen LogP) is 0.418. The molecule has 6 heteroatoms. The second-order valence-electron chi connectivity index (χ2n) is 5.80. The summed E-state index contributed by atoms with van der Waals surface area (Å²) in [5.41, 5.74) is -0.213. The Balaban J connectivity index is 2.72. The van der Waals surface area contributed by atoms with Crippen molar-refractivity contribution < 1.29 is 9.59 Å². The van der Waals surface area contributed by atoms with Gasteiger partial charge in [-0.3, -0.25) is 14.4 Å². The predicted molar refractivity (Wildman–Crippen MR) is 76.5 cm³/mol. The number of amides is 2. The van der Waals surface area contributed by atoms with Crippen LogP contribution in [-0.4, -0.2) is 28.0 Å². The third-order valence-corrected chi connectivity index (χ3v) is 2.59. The van der Waals surface area contributed by atoms with Gasteiger partial charge in [-0.15, -0.1) is 0 Å². The quantitative estimate of drug-likeness (QED) is 0.841. The number of carbonyl (C=O) groups is 2. The summed E-state index contributed by atoms with van der Waals surface area (Å²) in [7, 11) is 1.56. The summed E-state index contributed by atoms with van der Waals surface area (Å²) < 4.78 is 1.31. The van der Waals surface area contributed by atoms with Crippen LogP contribution in [0.5, 0.6) is 0 Å². The average Bonchev–Trinajstić information content (AvgIpc) is 2.30. The van der Waals surface area contributed by atoms with Crippen LogP contribution in [0.15, 0.2) is 23.1 Å². The summed E-state index contributed by atoms with van der Waals surface area (Å²) in [5, 5.41) is 5.39. The molecule has 110 valence electrons. The standard InChI is InChI=1S/C14H21N3O3/c1-9(12(19)16-14(2,3)4)15-13(20)10-6-7-11(18)17(5)8-10/h6-9H,1-5H3,(H,15,20)(H,16,19). The molecule has 0 bridgehead atoms. The Labute approximate surface area is 118 Å². The van der Waals surface area contributed by atoms with Crippen molar-refractivity contribution in [3.63, 3.8) is 0 Å². The Morgan fingerprint density at radius 1 is 1.25 bits per heavy atom. The second kappa shape index (κ2) is 5.90. The maximum Gasteiger partial charge on any atom is 0.253 e. The highest BCUT2D eigenvalue weighted by molar-refractivity contribution is 5.97. The third-order valence-electron chi connectivity index (χ3n) is 2.59. The molecule has 1 unspecified atom stereocenters. The molecule has 1 rings (SSSR count). The largest absolute Gasteiger partial charge is 0.350 e. The molecule has 1 aromatic rings. The molecular weight excluding hydrogens is 258 g/mol. The van der Waals surface area contributed by atoms with Crippen LogP contribution in [-0.2, 0) is 11.8 Å². The van der Waals surface area contributed by atoms with E-state index in [4.69, 9.17) is 0 Å². The highest BCUT2D eigenvalue weighted by Crippen LogP contribution is 2.01. The molecule has 1 atom stereocenters. The second-order valence-corrected chi connectivity index (χ2v) is 5.80. The van der Waals surface area contributed by atoms with Crippen LogP contribution in [0, 0.1) is 0 Å². The molecule has 0 aliphatic heterocycles. The molecule has 6 nitrogen and oxygen atoms in total. The van der Waals surface area contributed by atoms with Gasteiger partial charge in [0.15, 0.2) is 0 Å². The van der Waals surface area contributed by atoms with Gasteiger partial charge in [0, 0.05) is 24.8 Å². The first-order valence-corrected chi connectivity index (χ1v) is 6.40. The molecule has 1 heterocycles. The number of hydrogen-bond donors (Lipinski definition) is 2. The molecule has 20 heavy (non-hydrogen) atoms. The van der Waals surface area contributed by atoms with Gasteiger partial charge in [0.05, 0.1) is 5.56 Å². The average molecular weight is 279 g/mol. The molecule has 0 saturated carbocycles. The van der Waals surface area contributed by atoms with Gasteiger partial charge in [0.2, 0.25) is 11.5 Å². The van der Waals surface area contributed by atoms with Crippen molar-refractivity contribution in [2.45, 2.75) is 39.3 Å². The SMILES string of the molecule is CC(NC(=O)c1ccc(=O)n(C)c1)C(=O)NC(C)(C)C. The minimum Gasteiger partial charge on any atom is -0.350 e. The van der Waals surface area contributed by atoms with Crippen LogP contribution in [0.1, 0.15) is 38.1 Å². The van der Waals surface area contributed by atoms with E-state index in [1.54, 1.807) is 14.0 Å². The van der Waals surface area contributed by atoms with Gasteiger partial charge >= 0.3 is 0 Å². The summed E-state index contributed by atoms with van der Waals surface area (Å²) in [4.78, 5) is 35.1. The number of carbonyl (C=O) groups excluding carboxylic acids is 2. The normalized spacial score (nSPS) is 12.7. The van der Waals surface area contributed by atoms with Gasteiger partial charge in [-0.25, -0.2) is 0 Å². The van der Waals surface area contributed by atoms with E-state index >= 15 is 0 Å². The number of rotatable bonds is 3. The summed E-state index contributed by atoms with van der Waals surface area (Å²) in [6.45, 7) is 7.21. The van der Waals surface area contributed by atoms with E-state index in [0.29, 0.717) is 5.56 Å². The van der Waals surface area contributed by atoms with Crippen LogP contribution in [0.3, 0.4) is 0 Å². The van der Waals surface area contributed by atoms with Gasteiger partial charge < -0.3 is 15.2 Å². The Morgan fingerprint density at radius 3 is 2.35 bits per heavy atom. The van der Waals surface area contributed by atoms with E-state index in [-0.39, 0.29) is 17.0 Å². The third kappa shape index (κ3) is 4.53. The van der Waals surface area contributed by atoms with Crippen molar-refractivity contribution in [3.05, 3.63) is 34.2 Å². The molecule has 1 aromatic heterocycles. The Hall–Kier alpha value is -2.11. The maximum absolute atomic E-state index is 12.0. The van der Waals surface area contributed by atoms with Crippen molar-refractivity contribution >= 4 is 11.8 Å². The first-order chi connectivity index (χ1) is 9.10. The zero-order valence-corrected chi connectivity index (χ0v) is 12.5. The highest BCUT2D eigenvalue weighted by Gasteiger charge is 2.21. The minimum atomic E-state index is -0.654. The number of hydrogen-bond acceptors (Lipinski definition) is 3. The van der Waals surface area contributed by atoms with E-state index in [0.717, 1.165) is 0 Å². The van der Waals surface area contributed by atoms with E-state index < -0.39 is 11.9 Å². The van der Waals surface area contributed by atoms with Crippen LogP contribution in [0.25, 0.3) is 0 Å². The lowest BCUT2D eigenvalue weighted by Crippen LogP contribution is -2.50. The van der Waals surface area contributed by atoms with Crippen molar-refractivity contribution in [3.8, 4) is 0 Å². The fraction of sp³-hybridized carbons (Fsp3) is 0.500. The molecule has 2 N–H and O–H groups in total. The molecule has 0 fully saturated rings.